The van der Waals surface area contributed by atoms with E-state index in [0.29, 0.717) is 68.6 Å². The van der Waals surface area contributed by atoms with Gasteiger partial charge in [-0.05, 0) is 31.0 Å². The molecule has 0 bridgehead atoms. The van der Waals surface area contributed by atoms with Crippen LogP contribution in [0.5, 0.6) is 0 Å². The van der Waals surface area contributed by atoms with Crippen molar-refractivity contribution in [2.24, 2.45) is 5.73 Å². The number of morpholine rings is 1. The minimum atomic E-state index is -0.937. The van der Waals surface area contributed by atoms with Crippen molar-refractivity contribution in [3.05, 3.63) is 28.8 Å². The maximum Gasteiger partial charge on any atom is 0.255 e. The molecule has 136 valence electrons. The summed E-state index contributed by atoms with van der Waals surface area (Å²) in [5.41, 5.74) is 6.16. The van der Waals surface area contributed by atoms with Crippen LogP contribution in [-0.2, 0) is 14.3 Å². The van der Waals surface area contributed by atoms with E-state index in [1.807, 2.05) is 0 Å². The molecule has 2 aliphatic heterocycles. The summed E-state index contributed by atoms with van der Waals surface area (Å²) in [6, 6.07) is 4.87. The number of nitrogens with one attached hydrogen (secondary N) is 1. The van der Waals surface area contributed by atoms with Crippen LogP contribution < -0.4 is 11.1 Å². The number of halogens is 1. The Morgan fingerprint density at radius 2 is 1.76 bits per heavy atom. The van der Waals surface area contributed by atoms with Crippen molar-refractivity contribution in [1.82, 2.24) is 4.90 Å². The van der Waals surface area contributed by atoms with Crippen molar-refractivity contribution in [1.29, 1.82) is 0 Å². The average Bonchev–Trinajstić information content (AvgIpc) is 2.63. The van der Waals surface area contributed by atoms with Gasteiger partial charge < -0.3 is 25.4 Å². The van der Waals surface area contributed by atoms with Crippen LogP contribution in [-0.4, -0.2) is 61.8 Å². The summed E-state index contributed by atoms with van der Waals surface area (Å²) in [6.45, 7) is 3.09. The first-order valence-corrected chi connectivity index (χ1v) is 8.72. The van der Waals surface area contributed by atoms with Crippen molar-refractivity contribution in [3.8, 4) is 0 Å². The topological polar surface area (TPSA) is 93.9 Å². The van der Waals surface area contributed by atoms with Gasteiger partial charge in [0.2, 0.25) is 5.91 Å². The summed E-state index contributed by atoms with van der Waals surface area (Å²) in [6.07, 6.45) is 0.945. The van der Waals surface area contributed by atoms with Crippen molar-refractivity contribution in [2.75, 3.05) is 44.8 Å². The van der Waals surface area contributed by atoms with Gasteiger partial charge in [-0.15, -0.1) is 0 Å². The molecule has 3 N–H and O–H groups in total. The highest BCUT2D eigenvalue weighted by molar-refractivity contribution is 6.34. The van der Waals surface area contributed by atoms with E-state index in [4.69, 9.17) is 26.8 Å². The normalized spacial score (nSPS) is 20.2. The van der Waals surface area contributed by atoms with E-state index in [-0.39, 0.29) is 11.8 Å². The molecule has 8 heteroatoms. The molecular weight excluding hydrogens is 346 g/mol. The second kappa shape index (κ2) is 7.70. The number of hydrogen-bond donors (Lipinski definition) is 2. The Balaban J connectivity index is 1.69. The summed E-state index contributed by atoms with van der Waals surface area (Å²) in [5.74, 6) is -0.398. The first-order valence-electron chi connectivity index (χ1n) is 8.34. The lowest BCUT2D eigenvalue weighted by atomic mass is 9.90. The molecule has 0 unspecified atom stereocenters. The third-order valence-electron chi connectivity index (χ3n) is 4.59. The quantitative estimate of drug-likeness (QED) is 0.838. The molecule has 0 aromatic heterocycles. The second-order valence-corrected chi connectivity index (χ2v) is 6.73. The van der Waals surface area contributed by atoms with E-state index in [9.17, 15) is 9.59 Å². The predicted octanol–water partition coefficient (Wildman–Crippen LogP) is 1.26. The third kappa shape index (κ3) is 4.12. The van der Waals surface area contributed by atoms with Crippen molar-refractivity contribution in [2.45, 2.75) is 18.4 Å². The fourth-order valence-corrected chi connectivity index (χ4v) is 3.18. The molecule has 7 nitrogen and oxygen atoms in total. The summed E-state index contributed by atoms with van der Waals surface area (Å²) in [5, 5.41) is 3.09. The number of ether oxygens (including phenoxy) is 2. The first kappa shape index (κ1) is 18.1. The van der Waals surface area contributed by atoms with Crippen LogP contribution in [0.1, 0.15) is 23.2 Å². The average molecular weight is 368 g/mol. The number of carbonyl (C=O) groups excluding carboxylic acids is 2. The minimum Gasteiger partial charge on any atom is -0.381 e. The highest BCUT2D eigenvalue weighted by Crippen LogP contribution is 2.25. The molecule has 2 saturated heterocycles. The Morgan fingerprint density at radius 3 is 2.40 bits per heavy atom. The van der Waals surface area contributed by atoms with E-state index in [1.165, 1.54) is 0 Å². The lowest BCUT2D eigenvalue weighted by molar-refractivity contribution is -0.124. The summed E-state index contributed by atoms with van der Waals surface area (Å²) in [4.78, 5) is 26.7. The number of benzene rings is 1. The molecule has 2 aliphatic rings. The minimum absolute atomic E-state index is 0.133. The Hall–Kier alpha value is -1.67. The van der Waals surface area contributed by atoms with Gasteiger partial charge in [-0.1, -0.05) is 11.6 Å². The van der Waals surface area contributed by atoms with Crippen LogP contribution >= 0.6 is 11.6 Å². The molecule has 25 heavy (non-hydrogen) atoms. The molecule has 1 aromatic rings. The molecule has 0 atom stereocenters. The third-order valence-corrected chi connectivity index (χ3v) is 4.91. The highest BCUT2D eigenvalue weighted by atomic mass is 35.5. The van der Waals surface area contributed by atoms with Gasteiger partial charge in [-0.3, -0.25) is 9.59 Å². The van der Waals surface area contributed by atoms with E-state index in [2.05, 4.69) is 5.32 Å². The van der Waals surface area contributed by atoms with Gasteiger partial charge in [0, 0.05) is 32.0 Å². The lowest BCUT2D eigenvalue weighted by Crippen LogP contribution is -2.54. The molecule has 3 rings (SSSR count). The van der Waals surface area contributed by atoms with E-state index in [1.54, 1.807) is 23.1 Å². The Bertz CT molecular complexity index is 655. The molecule has 0 radical (unpaired) electrons. The van der Waals surface area contributed by atoms with Gasteiger partial charge in [-0.2, -0.15) is 0 Å². The largest absolute Gasteiger partial charge is 0.381 e. The summed E-state index contributed by atoms with van der Waals surface area (Å²) >= 11 is 6.27. The van der Waals surface area contributed by atoms with Gasteiger partial charge in [0.05, 0.1) is 23.8 Å². The van der Waals surface area contributed by atoms with Crippen LogP contribution in [0.15, 0.2) is 18.2 Å². The smallest absolute Gasteiger partial charge is 0.255 e. The number of amides is 2. The Labute approximate surface area is 151 Å². The van der Waals surface area contributed by atoms with Crippen molar-refractivity contribution < 1.29 is 19.1 Å². The fourth-order valence-electron chi connectivity index (χ4n) is 2.92. The number of rotatable bonds is 3. The summed E-state index contributed by atoms with van der Waals surface area (Å²) in [7, 11) is 0. The van der Waals surface area contributed by atoms with Gasteiger partial charge in [0.25, 0.3) is 5.91 Å². The first-order chi connectivity index (χ1) is 12.0. The van der Waals surface area contributed by atoms with Gasteiger partial charge in [0.15, 0.2) is 0 Å². The fraction of sp³-hybridized carbons (Fsp3) is 0.529. The molecule has 0 saturated carbocycles. The molecule has 2 heterocycles. The zero-order valence-electron chi connectivity index (χ0n) is 13.9. The molecule has 2 amide bonds. The number of nitrogens with two attached hydrogens (primary N) is 1. The molecule has 1 aromatic carbocycles. The monoisotopic (exact) mass is 367 g/mol. The maximum atomic E-state index is 12.5. The maximum absolute atomic E-state index is 12.5. The molecular formula is C17H22ClN3O4. The van der Waals surface area contributed by atoms with Gasteiger partial charge in [0.1, 0.15) is 5.54 Å². The summed E-state index contributed by atoms with van der Waals surface area (Å²) < 4.78 is 10.5. The van der Waals surface area contributed by atoms with Gasteiger partial charge in [-0.25, -0.2) is 0 Å². The number of anilines is 1. The zero-order valence-corrected chi connectivity index (χ0v) is 14.7. The number of hydrogen-bond acceptors (Lipinski definition) is 5. The highest BCUT2D eigenvalue weighted by Gasteiger charge is 2.36. The van der Waals surface area contributed by atoms with E-state index < -0.39 is 5.54 Å². The van der Waals surface area contributed by atoms with Crippen LogP contribution in [0.3, 0.4) is 0 Å². The SMILES string of the molecule is NC1(C(=O)Nc2ccc(C(=O)N3CCOCC3)c(Cl)c2)CCOCC1. The van der Waals surface area contributed by atoms with Crippen LogP contribution in [0, 0.1) is 0 Å². The van der Waals surface area contributed by atoms with Crippen LogP contribution in [0.25, 0.3) is 0 Å². The Morgan fingerprint density at radius 1 is 1.12 bits per heavy atom. The second-order valence-electron chi connectivity index (χ2n) is 6.32. The molecule has 0 aliphatic carbocycles. The van der Waals surface area contributed by atoms with Crippen LogP contribution in [0.2, 0.25) is 5.02 Å². The molecule has 0 spiro atoms. The zero-order chi connectivity index (χ0) is 17.9. The van der Waals surface area contributed by atoms with E-state index >= 15 is 0 Å². The lowest BCUT2D eigenvalue weighted by Gasteiger charge is -2.31. The molecule has 2 fully saturated rings. The van der Waals surface area contributed by atoms with Crippen molar-refractivity contribution in [3.63, 3.8) is 0 Å². The van der Waals surface area contributed by atoms with Gasteiger partial charge >= 0.3 is 0 Å². The van der Waals surface area contributed by atoms with E-state index in [0.717, 1.165) is 0 Å². The Kier molecular flexibility index (Phi) is 5.58. The standard InChI is InChI=1S/C17H22ClN3O4/c18-14-11-12(20-16(23)17(19)3-7-24-8-4-17)1-2-13(14)15(22)21-5-9-25-10-6-21/h1-2,11H,3-10,19H2,(H,20,23). The van der Waals surface area contributed by atoms with Crippen molar-refractivity contribution >= 4 is 29.1 Å². The van der Waals surface area contributed by atoms with Crippen LogP contribution in [0.4, 0.5) is 5.69 Å². The predicted molar refractivity (Wildman–Crippen MR) is 93.8 cm³/mol. The number of carbonyl (C=O) groups is 2. The number of nitrogens with zero attached hydrogens (tertiary/aromatic N) is 1.